The molecule has 0 aliphatic heterocycles. The van der Waals surface area contributed by atoms with Crippen LogP contribution in [0.2, 0.25) is 0 Å². The third-order valence-corrected chi connectivity index (χ3v) is 3.05. The molecule has 1 heterocycles. The molecule has 1 aromatic rings. The van der Waals surface area contributed by atoms with Gasteiger partial charge in [0.25, 0.3) is 15.2 Å². The van der Waals surface area contributed by atoms with Gasteiger partial charge in [-0.25, -0.2) is 13.6 Å². The predicted molar refractivity (Wildman–Crippen MR) is 61.9 cm³/mol. The topological polar surface area (TPSA) is 100 Å². The largest absolute Gasteiger partial charge is 0.385 e. The van der Waals surface area contributed by atoms with Gasteiger partial charge >= 0.3 is 0 Å². The van der Waals surface area contributed by atoms with E-state index in [1.807, 2.05) is 6.92 Å². The van der Waals surface area contributed by atoms with Crippen molar-refractivity contribution in [3.63, 3.8) is 0 Å². The highest BCUT2D eigenvalue weighted by molar-refractivity contribution is 7.89. The van der Waals surface area contributed by atoms with Crippen molar-refractivity contribution in [1.82, 2.24) is 14.8 Å². The van der Waals surface area contributed by atoms with Crippen LogP contribution >= 0.6 is 0 Å². The molecule has 0 spiro atoms. The Hall–Kier alpha value is -0.990. The molecule has 8 heteroatoms. The smallest absolute Gasteiger partial charge is 0.273 e. The highest BCUT2D eigenvalue weighted by atomic mass is 32.2. The molecule has 1 aromatic heterocycles. The summed E-state index contributed by atoms with van der Waals surface area (Å²) < 4.78 is 29.1. The van der Waals surface area contributed by atoms with Gasteiger partial charge in [0.05, 0.1) is 0 Å². The van der Waals surface area contributed by atoms with Crippen molar-refractivity contribution in [3.05, 3.63) is 5.82 Å². The number of hydrogen-bond acceptors (Lipinski definition) is 5. The first-order valence-corrected chi connectivity index (χ1v) is 6.99. The molecule has 0 bridgehead atoms. The minimum absolute atomic E-state index is 0.160. The lowest BCUT2D eigenvalue weighted by Crippen LogP contribution is -2.19. The van der Waals surface area contributed by atoms with Crippen molar-refractivity contribution in [1.29, 1.82) is 0 Å². The van der Waals surface area contributed by atoms with Crippen LogP contribution in [0.3, 0.4) is 0 Å². The molecular formula is C9H18N4O3S. The van der Waals surface area contributed by atoms with Crippen LogP contribution in [-0.4, -0.2) is 36.9 Å². The lowest BCUT2D eigenvalue weighted by Gasteiger charge is -2.07. The number of rotatable bonds is 7. The van der Waals surface area contributed by atoms with Crippen LogP contribution < -0.4 is 5.14 Å². The Labute approximate surface area is 101 Å². The lowest BCUT2D eigenvalue weighted by atomic mass is 10.3. The number of aryl methyl sites for hydroxylation is 1. The third-order valence-electron chi connectivity index (χ3n) is 2.24. The monoisotopic (exact) mass is 262 g/mol. The Morgan fingerprint density at radius 1 is 1.41 bits per heavy atom. The predicted octanol–water partition coefficient (Wildman–Crippen LogP) is -0.0855. The first-order valence-electron chi connectivity index (χ1n) is 5.44. The molecule has 0 amide bonds. The molecule has 1 rings (SSSR count). The molecule has 0 atom stereocenters. The van der Waals surface area contributed by atoms with E-state index in [0.717, 1.165) is 12.8 Å². The molecule has 0 saturated heterocycles. The summed E-state index contributed by atoms with van der Waals surface area (Å²) in [6, 6.07) is 0. The molecular weight excluding hydrogens is 244 g/mol. The van der Waals surface area contributed by atoms with Gasteiger partial charge in [-0.05, 0) is 12.8 Å². The fourth-order valence-corrected chi connectivity index (χ4v) is 2.20. The van der Waals surface area contributed by atoms with Crippen LogP contribution in [0.25, 0.3) is 0 Å². The summed E-state index contributed by atoms with van der Waals surface area (Å²) in [4.78, 5) is 0. The fourth-order valence-electron chi connectivity index (χ4n) is 1.54. The zero-order valence-electron chi connectivity index (χ0n) is 10.1. The van der Waals surface area contributed by atoms with E-state index < -0.39 is 10.0 Å². The van der Waals surface area contributed by atoms with Gasteiger partial charge in [-0.15, -0.1) is 10.2 Å². The summed E-state index contributed by atoms with van der Waals surface area (Å²) >= 11 is 0. The SMILES string of the molecule is CCCn1c(CCCOC)nnc1S(N)(=O)=O. The molecule has 98 valence electrons. The summed E-state index contributed by atoms with van der Waals surface area (Å²) in [5.74, 6) is 0.632. The number of ether oxygens (including phenoxy) is 1. The van der Waals surface area contributed by atoms with Gasteiger partial charge in [0.1, 0.15) is 5.82 Å². The highest BCUT2D eigenvalue weighted by Gasteiger charge is 2.20. The van der Waals surface area contributed by atoms with Gasteiger partial charge in [-0.3, -0.25) is 0 Å². The third kappa shape index (κ3) is 3.76. The van der Waals surface area contributed by atoms with E-state index in [9.17, 15) is 8.42 Å². The van der Waals surface area contributed by atoms with Crippen molar-refractivity contribution >= 4 is 10.0 Å². The summed E-state index contributed by atoms with van der Waals surface area (Å²) in [5.41, 5.74) is 0. The average molecular weight is 262 g/mol. The summed E-state index contributed by atoms with van der Waals surface area (Å²) in [6.07, 6.45) is 2.18. The van der Waals surface area contributed by atoms with Gasteiger partial charge < -0.3 is 9.30 Å². The Bertz CT molecular complexity index is 455. The van der Waals surface area contributed by atoms with Crippen LogP contribution in [0.4, 0.5) is 0 Å². The van der Waals surface area contributed by atoms with E-state index in [4.69, 9.17) is 9.88 Å². The second-order valence-corrected chi connectivity index (χ2v) is 5.15. The number of methoxy groups -OCH3 is 1. The molecule has 0 saturated carbocycles. The minimum Gasteiger partial charge on any atom is -0.385 e. The van der Waals surface area contributed by atoms with Gasteiger partial charge in [0, 0.05) is 26.7 Å². The Kier molecular flexibility index (Phi) is 5.03. The molecule has 0 radical (unpaired) electrons. The van der Waals surface area contributed by atoms with Crippen LogP contribution in [0, 0.1) is 0 Å². The lowest BCUT2D eigenvalue weighted by molar-refractivity contribution is 0.194. The standard InChI is InChI=1S/C9H18N4O3S/c1-3-6-13-8(5-4-7-16-2)11-12-9(13)17(10,14)15/h3-7H2,1-2H3,(H2,10,14,15). The van der Waals surface area contributed by atoms with E-state index in [-0.39, 0.29) is 5.16 Å². The molecule has 0 aromatic carbocycles. The van der Waals surface area contributed by atoms with E-state index >= 15 is 0 Å². The molecule has 0 unspecified atom stereocenters. The molecule has 0 fully saturated rings. The number of hydrogen-bond donors (Lipinski definition) is 1. The van der Waals surface area contributed by atoms with E-state index in [0.29, 0.717) is 25.4 Å². The first kappa shape index (κ1) is 14.1. The summed E-state index contributed by atoms with van der Waals surface area (Å²) in [5, 5.41) is 12.4. The molecule has 7 nitrogen and oxygen atoms in total. The summed E-state index contributed by atoms with van der Waals surface area (Å²) in [7, 11) is -2.19. The Balaban J connectivity index is 2.94. The molecule has 0 aliphatic rings. The number of primary sulfonamides is 1. The maximum Gasteiger partial charge on any atom is 0.273 e. The van der Waals surface area contributed by atoms with Crippen molar-refractivity contribution in [2.75, 3.05) is 13.7 Å². The normalized spacial score (nSPS) is 11.9. The van der Waals surface area contributed by atoms with Gasteiger partial charge in [0.15, 0.2) is 0 Å². The number of sulfonamides is 1. The minimum atomic E-state index is -3.81. The van der Waals surface area contributed by atoms with Gasteiger partial charge in [-0.1, -0.05) is 6.92 Å². The second kappa shape index (κ2) is 6.08. The second-order valence-electron chi connectivity index (χ2n) is 3.69. The van der Waals surface area contributed by atoms with Crippen LogP contribution in [-0.2, 0) is 27.7 Å². The quantitative estimate of drug-likeness (QED) is 0.692. The average Bonchev–Trinajstić information content (AvgIpc) is 2.62. The van der Waals surface area contributed by atoms with Crippen LogP contribution in [0.1, 0.15) is 25.6 Å². The van der Waals surface area contributed by atoms with E-state index in [2.05, 4.69) is 10.2 Å². The zero-order valence-corrected chi connectivity index (χ0v) is 10.9. The van der Waals surface area contributed by atoms with Crippen LogP contribution in [0.15, 0.2) is 5.16 Å². The molecule has 2 N–H and O–H groups in total. The molecule has 17 heavy (non-hydrogen) atoms. The zero-order chi connectivity index (χ0) is 12.9. The Morgan fingerprint density at radius 3 is 2.65 bits per heavy atom. The van der Waals surface area contributed by atoms with Crippen LogP contribution in [0.5, 0.6) is 0 Å². The number of nitrogens with two attached hydrogens (primary N) is 1. The Morgan fingerprint density at radius 2 is 2.12 bits per heavy atom. The molecule has 0 aliphatic carbocycles. The van der Waals surface area contributed by atoms with Crippen molar-refractivity contribution in [2.24, 2.45) is 5.14 Å². The van der Waals surface area contributed by atoms with Crippen molar-refractivity contribution < 1.29 is 13.2 Å². The highest BCUT2D eigenvalue weighted by Crippen LogP contribution is 2.10. The maximum atomic E-state index is 11.3. The van der Waals surface area contributed by atoms with E-state index in [1.54, 1.807) is 11.7 Å². The number of nitrogens with zero attached hydrogens (tertiary/aromatic N) is 3. The first-order chi connectivity index (χ1) is 8.00. The van der Waals surface area contributed by atoms with Gasteiger partial charge in [0.2, 0.25) is 0 Å². The fraction of sp³-hybridized carbons (Fsp3) is 0.778. The van der Waals surface area contributed by atoms with E-state index in [1.165, 1.54) is 0 Å². The number of aromatic nitrogens is 3. The van der Waals surface area contributed by atoms with Gasteiger partial charge in [-0.2, -0.15) is 0 Å². The maximum absolute atomic E-state index is 11.3. The van der Waals surface area contributed by atoms with Crippen molar-refractivity contribution in [2.45, 2.75) is 37.9 Å². The van der Waals surface area contributed by atoms with Crippen molar-refractivity contribution in [3.8, 4) is 0 Å². The summed E-state index contributed by atoms with van der Waals surface area (Å²) in [6.45, 7) is 3.09.